The molecule has 0 heterocycles. The third kappa shape index (κ3) is 3.28. The van der Waals surface area contributed by atoms with Gasteiger partial charge in [0.25, 0.3) is 0 Å². The molecule has 0 bridgehead atoms. The first kappa shape index (κ1) is 13.9. The van der Waals surface area contributed by atoms with E-state index in [2.05, 4.69) is 6.07 Å². The highest BCUT2D eigenvalue weighted by molar-refractivity contribution is 6.31. The summed E-state index contributed by atoms with van der Waals surface area (Å²) < 4.78 is 5.54. The first-order valence-corrected chi connectivity index (χ1v) is 6.14. The van der Waals surface area contributed by atoms with E-state index in [0.717, 1.165) is 5.56 Å². The Morgan fingerprint density at radius 3 is 2.55 bits per heavy atom. The third-order valence-electron chi connectivity index (χ3n) is 2.61. The predicted octanol–water partition coefficient (Wildman–Crippen LogP) is 3.90. The third-order valence-corrected chi connectivity index (χ3v) is 2.84. The van der Waals surface area contributed by atoms with Gasteiger partial charge in [0.15, 0.2) is 0 Å². The van der Waals surface area contributed by atoms with Gasteiger partial charge in [-0.1, -0.05) is 23.7 Å². The van der Waals surface area contributed by atoms with E-state index in [1.165, 1.54) is 12.1 Å². The maximum absolute atomic E-state index is 11.1. The van der Waals surface area contributed by atoms with Gasteiger partial charge >= 0.3 is 5.97 Å². The summed E-state index contributed by atoms with van der Waals surface area (Å²) in [7, 11) is 0. The Bertz CT molecular complexity index is 675. The first-order chi connectivity index (χ1) is 9.60. The molecule has 0 aliphatic rings. The van der Waals surface area contributed by atoms with E-state index in [0.29, 0.717) is 17.2 Å². The molecule has 0 saturated heterocycles. The minimum atomic E-state index is -1.11. The Hall–Kier alpha value is -2.51. The summed E-state index contributed by atoms with van der Waals surface area (Å²) in [6.07, 6.45) is 0.321. The molecule has 1 N–H and O–H groups in total. The van der Waals surface area contributed by atoms with Crippen molar-refractivity contribution >= 4 is 17.6 Å². The van der Waals surface area contributed by atoms with Crippen LogP contribution in [0.1, 0.15) is 15.9 Å². The second kappa shape index (κ2) is 6.09. The molecule has 4 nitrogen and oxygen atoms in total. The van der Waals surface area contributed by atoms with Crippen LogP contribution in [0.3, 0.4) is 0 Å². The van der Waals surface area contributed by atoms with Crippen LogP contribution in [0.5, 0.6) is 11.5 Å². The number of ether oxygens (including phenoxy) is 1. The molecule has 0 aliphatic heterocycles. The van der Waals surface area contributed by atoms with Crippen molar-refractivity contribution in [3.8, 4) is 17.6 Å². The highest BCUT2D eigenvalue weighted by Gasteiger charge is 2.12. The lowest BCUT2D eigenvalue weighted by atomic mass is 10.1. The predicted molar refractivity (Wildman–Crippen MR) is 74.2 cm³/mol. The fourth-order valence-corrected chi connectivity index (χ4v) is 1.82. The maximum atomic E-state index is 11.1. The Balaban J connectivity index is 2.26. The van der Waals surface area contributed by atoms with Gasteiger partial charge in [-0.05, 0) is 35.9 Å². The molecule has 0 atom stereocenters. The molecule has 2 aromatic rings. The summed E-state index contributed by atoms with van der Waals surface area (Å²) >= 11 is 5.77. The molecule has 0 aliphatic carbocycles. The number of halogens is 1. The lowest BCUT2D eigenvalue weighted by Gasteiger charge is -2.09. The molecule has 0 spiro atoms. The van der Waals surface area contributed by atoms with Crippen molar-refractivity contribution in [1.29, 1.82) is 5.26 Å². The summed E-state index contributed by atoms with van der Waals surface area (Å²) in [6.45, 7) is 0. The van der Waals surface area contributed by atoms with E-state index in [1.54, 1.807) is 30.3 Å². The van der Waals surface area contributed by atoms with Gasteiger partial charge in [-0.2, -0.15) is 5.26 Å². The molecule has 5 heteroatoms. The number of aromatic carboxylic acids is 1. The zero-order valence-electron chi connectivity index (χ0n) is 10.3. The lowest BCUT2D eigenvalue weighted by molar-refractivity contribution is 0.0694. The summed E-state index contributed by atoms with van der Waals surface area (Å²) in [5, 5.41) is 18.0. The standard InChI is InChI=1S/C15H10ClNO3/c16-11-3-6-14(13(9-11)15(18)19)20-12-4-1-10(2-5-12)7-8-17/h1-6,9H,7H2,(H,18,19). The zero-order valence-corrected chi connectivity index (χ0v) is 11.1. The smallest absolute Gasteiger partial charge is 0.339 e. The molecule has 0 unspecified atom stereocenters. The summed E-state index contributed by atoms with van der Waals surface area (Å²) in [6, 6.07) is 13.4. The Morgan fingerprint density at radius 1 is 1.25 bits per heavy atom. The van der Waals surface area contributed by atoms with Crippen LogP contribution in [0, 0.1) is 11.3 Å². The molecule has 20 heavy (non-hydrogen) atoms. The zero-order chi connectivity index (χ0) is 14.5. The number of benzene rings is 2. The quantitative estimate of drug-likeness (QED) is 0.926. The number of carboxylic acid groups (broad SMARTS) is 1. The minimum absolute atomic E-state index is 0.00130. The number of hydrogen-bond donors (Lipinski definition) is 1. The fraction of sp³-hybridized carbons (Fsp3) is 0.0667. The van der Waals surface area contributed by atoms with Crippen molar-refractivity contribution in [2.75, 3.05) is 0 Å². The average Bonchev–Trinajstić information content (AvgIpc) is 2.43. The van der Waals surface area contributed by atoms with Crippen LogP contribution in [0.4, 0.5) is 0 Å². The molecule has 100 valence electrons. The molecule has 0 aromatic heterocycles. The average molecular weight is 288 g/mol. The maximum Gasteiger partial charge on any atom is 0.339 e. The number of hydrogen-bond acceptors (Lipinski definition) is 3. The molecule has 0 radical (unpaired) electrons. The van der Waals surface area contributed by atoms with Gasteiger partial charge in [0.1, 0.15) is 17.1 Å². The summed E-state index contributed by atoms with van der Waals surface area (Å²) in [4.78, 5) is 11.1. The van der Waals surface area contributed by atoms with E-state index in [-0.39, 0.29) is 11.3 Å². The molecular weight excluding hydrogens is 278 g/mol. The van der Waals surface area contributed by atoms with E-state index >= 15 is 0 Å². The van der Waals surface area contributed by atoms with Gasteiger partial charge in [0, 0.05) is 5.02 Å². The topological polar surface area (TPSA) is 70.3 Å². The van der Waals surface area contributed by atoms with Gasteiger partial charge in [-0.3, -0.25) is 0 Å². The van der Waals surface area contributed by atoms with E-state index in [4.69, 9.17) is 26.7 Å². The van der Waals surface area contributed by atoms with Crippen molar-refractivity contribution in [2.24, 2.45) is 0 Å². The number of carbonyl (C=O) groups is 1. The number of rotatable bonds is 4. The van der Waals surface area contributed by atoms with Crippen molar-refractivity contribution < 1.29 is 14.6 Å². The van der Waals surface area contributed by atoms with E-state index in [9.17, 15) is 4.79 Å². The normalized spacial score (nSPS) is 9.80. The van der Waals surface area contributed by atoms with E-state index < -0.39 is 5.97 Å². The van der Waals surface area contributed by atoms with E-state index in [1.807, 2.05) is 0 Å². The Labute approximate surface area is 120 Å². The number of carboxylic acids is 1. The second-order valence-corrected chi connectivity index (χ2v) is 4.46. The summed E-state index contributed by atoms with van der Waals surface area (Å²) in [5.41, 5.74) is 0.869. The Kier molecular flexibility index (Phi) is 4.24. The fourth-order valence-electron chi connectivity index (χ4n) is 1.65. The monoisotopic (exact) mass is 287 g/mol. The van der Waals surface area contributed by atoms with Gasteiger partial charge in [0.05, 0.1) is 12.5 Å². The molecular formula is C15H10ClNO3. The van der Waals surface area contributed by atoms with Gasteiger partial charge in [-0.15, -0.1) is 0 Å². The van der Waals surface area contributed by atoms with Crippen LogP contribution in [-0.4, -0.2) is 11.1 Å². The van der Waals surface area contributed by atoms with Crippen LogP contribution < -0.4 is 4.74 Å². The van der Waals surface area contributed by atoms with Gasteiger partial charge in [0.2, 0.25) is 0 Å². The lowest BCUT2D eigenvalue weighted by Crippen LogP contribution is -2.00. The first-order valence-electron chi connectivity index (χ1n) is 5.77. The van der Waals surface area contributed by atoms with Crippen molar-refractivity contribution in [2.45, 2.75) is 6.42 Å². The molecule has 2 rings (SSSR count). The summed E-state index contributed by atoms with van der Waals surface area (Å²) in [5.74, 6) is -0.393. The number of nitrogens with zero attached hydrogens (tertiary/aromatic N) is 1. The van der Waals surface area contributed by atoms with Crippen molar-refractivity contribution in [3.63, 3.8) is 0 Å². The van der Waals surface area contributed by atoms with Gasteiger partial charge < -0.3 is 9.84 Å². The molecule has 0 saturated carbocycles. The van der Waals surface area contributed by atoms with Crippen LogP contribution in [0.25, 0.3) is 0 Å². The highest BCUT2D eigenvalue weighted by Crippen LogP contribution is 2.28. The molecule has 0 amide bonds. The van der Waals surface area contributed by atoms with Crippen LogP contribution in [-0.2, 0) is 6.42 Å². The van der Waals surface area contributed by atoms with Crippen LogP contribution in [0.15, 0.2) is 42.5 Å². The molecule has 2 aromatic carbocycles. The second-order valence-electron chi connectivity index (χ2n) is 4.03. The number of nitriles is 1. The largest absolute Gasteiger partial charge is 0.478 e. The van der Waals surface area contributed by atoms with Crippen molar-refractivity contribution in [3.05, 3.63) is 58.6 Å². The van der Waals surface area contributed by atoms with Crippen LogP contribution in [0.2, 0.25) is 5.02 Å². The van der Waals surface area contributed by atoms with Crippen molar-refractivity contribution in [1.82, 2.24) is 0 Å². The minimum Gasteiger partial charge on any atom is -0.478 e. The Morgan fingerprint density at radius 2 is 1.95 bits per heavy atom. The highest BCUT2D eigenvalue weighted by atomic mass is 35.5. The molecule has 0 fully saturated rings. The van der Waals surface area contributed by atoms with Gasteiger partial charge in [-0.25, -0.2) is 4.79 Å². The SMILES string of the molecule is N#CCc1ccc(Oc2ccc(Cl)cc2C(=O)O)cc1. The van der Waals surface area contributed by atoms with Crippen LogP contribution >= 0.6 is 11.6 Å².